The van der Waals surface area contributed by atoms with Crippen LogP contribution in [0.2, 0.25) is 0 Å². The Bertz CT molecular complexity index is 1010. The maximum absolute atomic E-state index is 12.9. The number of carbonyl (C=O) groups excluding carboxylic acids is 1. The Morgan fingerprint density at radius 1 is 0.897 bits per heavy atom. The largest absolute Gasteiger partial charge is 0.497 e. The molecule has 29 heavy (non-hydrogen) atoms. The Morgan fingerprint density at radius 2 is 1.52 bits per heavy atom. The van der Waals surface area contributed by atoms with Crippen LogP contribution in [-0.4, -0.2) is 39.3 Å². The molecule has 3 aromatic rings. The van der Waals surface area contributed by atoms with Crippen LogP contribution in [0.4, 0.5) is 5.13 Å². The van der Waals surface area contributed by atoms with E-state index in [4.69, 9.17) is 18.9 Å². The molecule has 0 fully saturated rings. The molecule has 8 heteroatoms. The molecule has 0 unspecified atom stereocenters. The number of carbonyl (C=O) groups is 1. The van der Waals surface area contributed by atoms with Crippen molar-refractivity contribution in [3.8, 4) is 34.3 Å². The summed E-state index contributed by atoms with van der Waals surface area (Å²) < 4.78 is 21.1. The van der Waals surface area contributed by atoms with Gasteiger partial charge < -0.3 is 18.9 Å². The fourth-order valence-corrected chi connectivity index (χ4v) is 3.67. The molecule has 1 heterocycles. The number of ether oxygens (including phenoxy) is 4. The van der Waals surface area contributed by atoms with Gasteiger partial charge in [-0.05, 0) is 31.2 Å². The summed E-state index contributed by atoms with van der Waals surface area (Å²) in [6.45, 7) is 1.96. The zero-order chi connectivity index (χ0) is 21.0. The molecular formula is C21H22N2O5S. The van der Waals surface area contributed by atoms with Crippen molar-refractivity contribution < 1.29 is 23.7 Å². The summed E-state index contributed by atoms with van der Waals surface area (Å²) in [5.41, 5.74) is 2.08. The van der Waals surface area contributed by atoms with E-state index in [0.717, 1.165) is 21.9 Å². The highest BCUT2D eigenvalue weighted by molar-refractivity contribution is 7.16. The van der Waals surface area contributed by atoms with Crippen molar-refractivity contribution in [3.63, 3.8) is 0 Å². The van der Waals surface area contributed by atoms with Gasteiger partial charge in [0, 0.05) is 22.6 Å². The van der Waals surface area contributed by atoms with Gasteiger partial charge in [0.15, 0.2) is 16.6 Å². The number of nitrogens with zero attached hydrogens (tertiary/aromatic N) is 1. The summed E-state index contributed by atoms with van der Waals surface area (Å²) in [5.74, 6) is 1.72. The maximum Gasteiger partial charge on any atom is 0.261 e. The second-order valence-electron chi connectivity index (χ2n) is 6.01. The standard InChI is InChI=1S/C21H22N2O5S/c1-12-19(13-6-8-14(25-2)9-7-13)22-21(29-12)23-20(24)15-10-17(27-4)18(28-5)11-16(15)26-3/h6-11H,1-5H3,(H,22,23,24). The van der Waals surface area contributed by atoms with Gasteiger partial charge >= 0.3 is 0 Å². The first-order valence-corrected chi connectivity index (χ1v) is 9.55. The minimum Gasteiger partial charge on any atom is -0.497 e. The average molecular weight is 414 g/mol. The van der Waals surface area contributed by atoms with E-state index in [2.05, 4.69) is 10.3 Å². The minimum absolute atomic E-state index is 0.323. The van der Waals surface area contributed by atoms with Crippen LogP contribution in [0.1, 0.15) is 15.2 Å². The van der Waals surface area contributed by atoms with E-state index < -0.39 is 0 Å². The molecule has 152 valence electrons. The third kappa shape index (κ3) is 4.27. The number of hydrogen-bond donors (Lipinski definition) is 1. The molecule has 0 saturated heterocycles. The van der Waals surface area contributed by atoms with Crippen molar-refractivity contribution in [3.05, 3.63) is 46.8 Å². The third-order valence-corrected chi connectivity index (χ3v) is 5.22. The Kier molecular flexibility index (Phi) is 6.23. The van der Waals surface area contributed by atoms with Crippen molar-refractivity contribution in [2.75, 3.05) is 33.8 Å². The maximum atomic E-state index is 12.9. The highest BCUT2D eigenvalue weighted by Gasteiger charge is 2.20. The van der Waals surface area contributed by atoms with Gasteiger partial charge in [-0.2, -0.15) is 0 Å². The van der Waals surface area contributed by atoms with Gasteiger partial charge in [-0.15, -0.1) is 11.3 Å². The predicted molar refractivity (Wildman–Crippen MR) is 113 cm³/mol. The molecule has 0 spiro atoms. The molecule has 0 aliphatic carbocycles. The number of aryl methyl sites for hydroxylation is 1. The van der Waals surface area contributed by atoms with Crippen molar-refractivity contribution in [1.29, 1.82) is 0 Å². The zero-order valence-electron chi connectivity index (χ0n) is 16.9. The second-order valence-corrected chi connectivity index (χ2v) is 7.22. The van der Waals surface area contributed by atoms with E-state index in [9.17, 15) is 4.79 Å². The summed E-state index contributed by atoms with van der Waals surface area (Å²) >= 11 is 1.40. The topological polar surface area (TPSA) is 78.9 Å². The number of anilines is 1. The number of methoxy groups -OCH3 is 4. The molecule has 0 bridgehead atoms. The quantitative estimate of drug-likeness (QED) is 0.617. The van der Waals surface area contributed by atoms with Crippen LogP contribution in [-0.2, 0) is 0 Å². The van der Waals surface area contributed by atoms with E-state index in [1.807, 2.05) is 31.2 Å². The molecular weight excluding hydrogens is 392 g/mol. The van der Waals surface area contributed by atoms with Crippen LogP contribution in [0.15, 0.2) is 36.4 Å². The molecule has 7 nitrogen and oxygen atoms in total. The number of thiazole rings is 1. The van der Waals surface area contributed by atoms with Gasteiger partial charge in [0.1, 0.15) is 11.5 Å². The van der Waals surface area contributed by atoms with Crippen LogP contribution in [0.25, 0.3) is 11.3 Å². The van der Waals surface area contributed by atoms with E-state index in [-0.39, 0.29) is 5.91 Å². The first-order valence-electron chi connectivity index (χ1n) is 8.74. The van der Waals surface area contributed by atoms with Crippen LogP contribution < -0.4 is 24.3 Å². The lowest BCUT2D eigenvalue weighted by Crippen LogP contribution is -2.13. The van der Waals surface area contributed by atoms with Gasteiger partial charge in [-0.3, -0.25) is 10.1 Å². The Morgan fingerprint density at radius 3 is 2.10 bits per heavy atom. The number of hydrogen-bond acceptors (Lipinski definition) is 7. The molecule has 0 aliphatic rings. The lowest BCUT2D eigenvalue weighted by atomic mass is 10.1. The Hall–Kier alpha value is -3.26. The molecule has 0 atom stereocenters. The van der Waals surface area contributed by atoms with E-state index >= 15 is 0 Å². The fourth-order valence-electron chi connectivity index (χ4n) is 2.84. The van der Waals surface area contributed by atoms with E-state index in [0.29, 0.717) is 27.9 Å². The first-order chi connectivity index (χ1) is 14.0. The summed E-state index contributed by atoms with van der Waals surface area (Å²) in [5, 5.41) is 3.34. The molecule has 1 aromatic heterocycles. The normalized spacial score (nSPS) is 10.4. The zero-order valence-corrected chi connectivity index (χ0v) is 17.7. The third-order valence-electron chi connectivity index (χ3n) is 4.33. The summed E-state index contributed by atoms with van der Waals surface area (Å²) in [6.07, 6.45) is 0. The minimum atomic E-state index is -0.349. The van der Waals surface area contributed by atoms with Crippen molar-refractivity contribution in [1.82, 2.24) is 4.98 Å². The molecule has 1 N–H and O–H groups in total. The van der Waals surface area contributed by atoms with Gasteiger partial charge in [0.05, 0.1) is 39.7 Å². The lowest BCUT2D eigenvalue weighted by molar-refractivity contribution is 0.102. The predicted octanol–water partition coefficient (Wildman–Crippen LogP) is 4.41. The number of benzene rings is 2. The van der Waals surface area contributed by atoms with Gasteiger partial charge in [0.25, 0.3) is 5.91 Å². The van der Waals surface area contributed by atoms with Gasteiger partial charge in [0.2, 0.25) is 0 Å². The van der Waals surface area contributed by atoms with Crippen LogP contribution in [0.5, 0.6) is 23.0 Å². The van der Waals surface area contributed by atoms with Crippen molar-refractivity contribution >= 4 is 22.4 Å². The number of rotatable bonds is 7. The molecule has 3 rings (SSSR count). The lowest BCUT2D eigenvalue weighted by Gasteiger charge is -2.13. The average Bonchev–Trinajstić information content (AvgIpc) is 3.12. The smallest absolute Gasteiger partial charge is 0.261 e. The van der Waals surface area contributed by atoms with Gasteiger partial charge in [-0.1, -0.05) is 0 Å². The highest BCUT2D eigenvalue weighted by atomic mass is 32.1. The SMILES string of the molecule is COc1ccc(-c2nc(NC(=O)c3cc(OC)c(OC)cc3OC)sc2C)cc1. The first kappa shape index (κ1) is 20.5. The number of nitrogens with one attached hydrogen (secondary N) is 1. The van der Waals surface area contributed by atoms with E-state index in [1.54, 1.807) is 19.2 Å². The summed E-state index contributed by atoms with van der Waals surface area (Å²) in [6, 6.07) is 10.8. The van der Waals surface area contributed by atoms with E-state index in [1.165, 1.54) is 32.7 Å². The number of aromatic nitrogens is 1. The molecule has 0 aliphatic heterocycles. The van der Waals surface area contributed by atoms with Crippen LogP contribution in [0.3, 0.4) is 0 Å². The molecule has 2 aromatic carbocycles. The van der Waals surface area contributed by atoms with Crippen LogP contribution >= 0.6 is 11.3 Å². The van der Waals surface area contributed by atoms with Crippen molar-refractivity contribution in [2.45, 2.75) is 6.92 Å². The highest BCUT2D eigenvalue weighted by Crippen LogP contribution is 2.36. The molecule has 1 amide bonds. The van der Waals surface area contributed by atoms with Gasteiger partial charge in [-0.25, -0.2) is 4.98 Å². The Labute approximate surface area is 173 Å². The molecule has 0 radical (unpaired) electrons. The number of amides is 1. The summed E-state index contributed by atoms with van der Waals surface area (Å²) in [7, 11) is 6.15. The van der Waals surface area contributed by atoms with Crippen LogP contribution in [0, 0.1) is 6.92 Å². The fraction of sp³-hybridized carbons (Fsp3) is 0.238. The second kappa shape index (κ2) is 8.83. The van der Waals surface area contributed by atoms with Crippen molar-refractivity contribution in [2.24, 2.45) is 0 Å². The molecule has 0 saturated carbocycles. The summed E-state index contributed by atoms with van der Waals surface area (Å²) in [4.78, 5) is 18.4. The monoisotopic (exact) mass is 414 g/mol. The Balaban J connectivity index is 1.88.